The van der Waals surface area contributed by atoms with Crippen LogP contribution in [0.4, 0.5) is 4.39 Å². The zero-order chi connectivity index (χ0) is 16.9. The Labute approximate surface area is 139 Å². The van der Waals surface area contributed by atoms with E-state index in [0.29, 0.717) is 18.4 Å². The standard InChI is InChI=1S/C17H21FN4O2/c18-14-7-5-12(6-8-14)3-4-13-2-1-9-22(10-13)11-15-20-17(16(19)23)21-24-15/h5-8,13H,1-4,9-11H2,(H2,19,23)/t13-/m1/s1. The van der Waals surface area contributed by atoms with Gasteiger partial charge in [0.2, 0.25) is 5.89 Å². The Bertz CT molecular complexity index is 686. The van der Waals surface area contributed by atoms with Crippen LogP contribution in [0.25, 0.3) is 0 Å². The lowest BCUT2D eigenvalue weighted by molar-refractivity contribution is 0.0987. The van der Waals surface area contributed by atoms with Crippen molar-refractivity contribution in [3.05, 3.63) is 47.4 Å². The largest absolute Gasteiger partial charge is 0.363 e. The summed E-state index contributed by atoms with van der Waals surface area (Å²) >= 11 is 0. The Kier molecular flexibility index (Phi) is 5.20. The minimum absolute atomic E-state index is 0.0742. The molecule has 24 heavy (non-hydrogen) atoms. The summed E-state index contributed by atoms with van der Waals surface area (Å²) in [4.78, 5) is 17.3. The third-order valence-corrected chi connectivity index (χ3v) is 4.40. The summed E-state index contributed by atoms with van der Waals surface area (Å²) in [7, 11) is 0. The summed E-state index contributed by atoms with van der Waals surface area (Å²) < 4.78 is 18.0. The predicted molar refractivity (Wildman–Crippen MR) is 85.5 cm³/mol. The number of aromatic nitrogens is 2. The maximum absolute atomic E-state index is 12.9. The van der Waals surface area contributed by atoms with E-state index < -0.39 is 5.91 Å². The van der Waals surface area contributed by atoms with Gasteiger partial charge in [0.15, 0.2) is 0 Å². The number of aryl methyl sites for hydroxylation is 1. The second-order valence-corrected chi connectivity index (χ2v) is 6.28. The van der Waals surface area contributed by atoms with E-state index in [1.807, 2.05) is 12.1 Å². The van der Waals surface area contributed by atoms with Crippen LogP contribution in [0.15, 0.2) is 28.8 Å². The molecule has 1 amide bonds. The molecule has 6 nitrogen and oxygen atoms in total. The molecule has 1 aromatic heterocycles. The number of hydrogen-bond donors (Lipinski definition) is 1. The highest BCUT2D eigenvalue weighted by Gasteiger charge is 2.22. The van der Waals surface area contributed by atoms with Gasteiger partial charge in [0.1, 0.15) is 5.82 Å². The molecule has 1 aliphatic heterocycles. The van der Waals surface area contributed by atoms with Crippen molar-refractivity contribution in [3.8, 4) is 0 Å². The lowest BCUT2D eigenvalue weighted by Gasteiger charge is -2.31. The van der Waals surface area contributed by atoms with Gasteiger partial charge in [0.05, 0.1) is 6.54 Å². The molecule has 7 heteroatoms. The molecule has 0 aliphatic carbocycles. The molecular formula is C17H21FN4O2. The molecule has 2 N–H and O–H groups in total. The van der Waals surface area contributed by atoms with Crippen LogP contribution in [-0.2, 0) is 13.0 Å². The van der Waals surface area contributed by atoms with Gasteiger partial charge in [-0.1, -0.05) is 17.3 Å². The summed E-state index contributed by atoms with van der Waals surface area (Å²) in [6, 6.07) is 6.71. The number of piperidine rings is 1. The molecule has 1 aliphatic rings. The summed E-state index contributed by atoms with van der Waals surface area (Å²) in [5.41, 5.74) is 6.29. The number of carbonyl (C=O) groups is 1. The molecule has 0 bridgehead atoms. The molecular weight excluding hydrogens is 311 g/mol. The van der Waals surface area contributed by atoms with Crippen LogP contribution in [0.5, 0.6) is 0 Å². The minimum Gasteiger partial charge on any atom is -0.363 e. The molecule has 128 valence electrons. The van der Waals surface area contributed by atoms with E-state index >= 15 is 0 Å². The number of likely N-dealkylation sites (tertiary alicyclic amines) is 1. The zero-order valence-corrected chi connectivity index (χ0v) is 13.4. The fourth-order valence-electron chi connectivity index (χ4n) is 3.16. The Balaban J connectivity index is 1.50. The molecule has 2 aromatic rings. The molecule has 3 rings (SSSR count). The molecule has 1 fully saturated rings. The maximum Gasteiger partial charge on any atom is 0.290 e. The first kappa shape index (κ1) is 16.6. The first-order valence-corrected chi connectivity index (χ1v) is 8.19. The van der Waals surface area contributed by atoms with Gasteiger partial charge in [-0.3, -0.25) is 9.69 Å². The van der Waals surface area contributed by atoms with Crippen LogP contribution < -0.4 is 5.73 Å². The molecule has 0 saturated carbocycles. The number of nitrogens with two attached hydrogens (primary N) is 1. The van der Waals surface area contributed by atoms with Crippen LogP contribution in [0.1, 0.15) is 41.3 Å². The molecule has 0 unspecified atom stereocenters. The molecule has 2 heterocycles. The third kappa shape index (κ3) is 4.38. The number of carbonyl (C=O) groups excluding carboxylic acids is 1. The van der Waals surface area contributed by atoms with Crippen molar-refractivity contribution in [1.29, 1.82) is 0 Å². The van der Waals surface area contributed by atoms with Crippen LogP contribution in [0, 0.1) is 11.7 Å². The molecule has 1 saturated heterocycles. The molecule has 0 radical (unpaired) electrons. The highest BCUT2D eigenvalue weighted by Crippen LogP contribution is 2.22. The minimum atomic E-state index is -0.680. The average molecular weight is 332 g/mol. The summed E-state index contributed by atoms with van der Waals surface area (Å²) in [6.07, 6.45) is 4.32. The van der Waals surface area contributed by atoms with Gasteiger partial charge in [-0.05, 0) is 55.8 Å². The number of rotatable bonds is 6. The van der Waals surface area contributed by atoms with E-state index in [1.54, 1.807) is 0 Å². The van der Waals surface area contributed by atoms with E-state index in [0.717, 1.165) is 37.9 Å². The van der Waals surface area contributed by atoms with Crippen LogP contribution in [0.3, 0.4) is 0 Å². The lowest BCUT2D eigenvalue weighted by atomic mass is 9.91. The number of halogens is 1. The average Bonchev–Trinajstić information content (AvgIpc) is 3.03. The smallest absolute Gasteiger partial charge is 0.290 e. The third-order valence-electron chi connectivity index (χ3n) is 4.40. The number of hydrogen-bond acceptors (Lipinski definition) is 5. The summed E-state index contributed by atoms with van der Waals surface area (Å²) in [5, 5.41) is 3.57. The van der Waals surface area contributed by atoms with E-state index in [4.69, 9.17) is 10.3 Å². The molecule has 0 spiro atoms. The summed E-state index contributed by atoms with van der Waals surface area (Å²) in [6.45, 7) is 2.46. The molecule has 1 aromatic carbocycles. The first-order valence-electron chi connectivity index (χ1n) is 8.19. The lowest BCUT2D eigenvalue weighted by Crippen LogP contribution is -2.35. The van der Waals surface area contributed by atoms with E-state index in [9.17, 15) is 9.18 Å². The van der Waals surface area contributed by atoms with Crippen molar-refractivity contribution in [1.82, 2.24) is 15.0 Å². The fourth-order valence-corrected chi connectivity index (χ4v) is 3.16. The quantitative estimate of drug-likeness (QED) is 0.876. The van der Waals surface area contributed by atoms with E-state index in [2.05, 4.69) is 15.0 Å². The van der Waals surface area contributed by atoms with Crippen LogP contribution in [0.2, 0.25) is 0 Å². The van der Waals surface area contributed by atoms with E-state index in [-0.39, 0.29) is 11.6 Å². The topological polar surface area (TPSA) is 85.2 Å². The monoisotopic (exact) mass is 332 g/mol. The van der Waals surface area contributed by atoms with Gasteiger partial charge < -0.3 is 10.3 Å². The van der Waals surface area contributed by atoms with Crippen molar-refractivity contribution >= 4 is 5.91 Å². The van der Waals surface area contributed by atoms with Crippen LogP contribution in [-0.4, -0.2) is 34.0 Å². The Morgan fingerprint density at radius 1 is 1.38 bits per heavy atom. The molecule has 1 atom stereocenters. The summed E-state index contributed by atoms with van der Waals surface area (Å²) in [5.74, 6) is 0.0542. The normalized spacial score (nSPS) is 18.6. The Hall–Kier alpha value is -2.28. The zero-order valence-electron chi connectivity index (χ0n) is 13.4. The van der Waals surface area contributed by atoms with Crippen molar-refractivity contribution < 1.29 is 13.7 Å². The number of nitrogens with zero attached hydrogens (tertiary/aromatic N) is 3. The van der Waals surface area contributed by atoms with Crippen molar-refractivity contribution in [2.75, 3.05) is 13.1 Å². The van der Waals surface area contributed by atoms with Crippen molar-refractivity contribution in [2.24, 2.45) is 11.7 Å². The predicted octanol–water partition coefficient (Wildman–Crippen LogP) is 2.15. The van der Waals surface area contributed by atoms with Crippen molar-refractivity contribution in [3.63, 3.8) is 0 Å². The number of benzene rings is 1. The number of primary amides is 1. The van der Waals surface area contributed by atoms with Gasteiger partial charge in [0.25, 0.3) is 11.7 Å². The highest BCUT2D eigenvalue weighted by atomic mass is 19.1. The fraction of sp³-hybridized carbons (Fsp3) is 0.471. The SMILES string of the molecule is NC(=O)c1noc(CN2CCC[C@H](CCc3ccc(F)cc3)C2)n1. The maximum atomic E-state index is 12.9. The van der Waals surface area contributed by atoms with Crippen molar-refractivity contribution in [2.45, 2.75) is 32.2 Å². The van der Waals surface area contributed by atoms with Crippen LogP contribution >= 0.6 is 0 Å². The van der Waals surface area contributed by atoms with Gasteiger partial charge in [-0.25, -0.2) is 4.39 Å². The highest BCUT2D eigenvalue weighted by molar-refractivity contribution is 5.88. The van der Waals surface area contributed by atoms with Gasteiger partial charge in [-0.2, -0.15) is 4.98 Å². The second-order valence-electron chi connectivity index (χ2n) is 6.28. The first-order chi connectivity index (χ1) is 11.6. The Morgan fingerprint density at radius 3 is 2.88 bits per heavy atom. The van der Waals surface area contributed by atoms with Gasteiger partial charge in [-0.15, -0.1) is 0 Å². The second kappa shape index (κ2) is 7.53. The number of amides is 1. The van der Waals surface area contributed by atoms with Gasteiger partial charge >= 0.3 is 0 Å². The Morgan fingerprint density at radius 2 is 2.17 bits per heavy atom. The van der Waals surface area contributed by atoms with Gasteiger partial charge in [0, 0.05) is 6.54 Å². The van der Waals surface area contributed by atoms with E-state index in [1.165, 1.54) is 18.6 Å².